The molecule has 3 N–H and O–H groups in total. The molecule has 80 valence electrons. The summed E-state index contributed by atoms with van der Waals surface area (Å²) in [4.78, 5) is 38.7. The molecule has 1 amide bonds. The first-order chi connectivity index (χ1) is 6.26. The standard InChI is InChI=1S/C6H10NO6P/c1-2-5(8)7(3-6(9)10)4-14(11,12)13/h2H,1,3-4H2,(H,9,10)(H2,11,12,13). The quantitative estimate of drug-likeness (QED) is 0.416. The van der Waals surface area contributed by atoms with Crippen molar-refractivity contribution < 1.29 is 29.0 Å². The Balaban J connectivity index is 4.56. The maximum atomic E-state index is 10.9. The van der Waals surface area contributed by atoms with E-state index in [-0.39, 0.29) is 0 Å². The molecule has 0 atom stereocenters. The molecule has 0 aromatic rings. The molecule has 0 aromatic heterocycles. The molecule has 0 saturated carbocycles. The van der Waals surface area contributed by atoms with Gasteiger partial charge in [0.2, 0.25) is 5.91 Å². The van der Waals surface area contributed by atoms with Crippen LogP contribution in [0.15, 0.2) is 12.7 Å². The zero-order chi connectivity index (χ0) is 11.4. The fraction of sp³-hybridized carbons (Fsp3) is 0.333. The summed E-state index contributed by atoms with van der Waals surface area (Å²) in [6.45, 7) is 2.31. The van der Waals surface area contributed by atoms with Crippen LogP contribution in [-0.2, 0) is 14.2 Å². The molecule has 7 nitrogen and oxygen atoms in total. The van der Waals surface area contributed by atoms with Gasteiger partial charge < -0.3 is 19.8 Å². The van der Waals surface area contributed by atoms with E-state index < -0.39 is 32.3 Å². The molecule has 0 fully saturated rings. The molecule has 0 heterocycles. The topological polar surface area (TPSA) is 115 Å². The van der Waals surface area contributed by atoms with Gasteiger partial charge in [-0.2, -0.15) is 0 Å². The van der Waals surface area contributed by atoms with Crippen LogP contribution in [0.25, 0.3) is 0 Å². The molecule has 0 aliphatic heterocycles. The van der Waals surface area contributed by atoms with Gasteiger partial charge in [-0.15, -0.1) is 0 Å². The van der Waals surface area contributed by atoms with Crippen molar-refractivity contribution in [3.05, 3.63) is 12.7 Å². The van der Waals surface area contributed by atoms with E-state index in [4.69, 9.17) is 14.9 Å². The maximum absolute atomic E-state index is 10.9. The fourth-order valence-corrected chi connectivity index (χ4v) is 1.40. The van der Waals surface area contributed by atoms with Gasteiger partial charge in [-0.1, -0.05) is 6.58 Å². The van der Waals surface area contributed by atoms with E-state index in [0.29, 0.717) is 4.90 Å². The van der Waals surface area contributed by atoms with Gasteiger partial charge in [0.05, 0.1) is 0 Å². The van der Waals surface area contributed by atoms with Crippen LogP contribution in [0.4, 0.5) is 0 Å². The Morgan fingerprint density at radius 2 is 1.93 bits per heavy atom. The highest BCUT2D eigenvalue weighted by atomic mass is 31.2. The van der Waals surface area contributed by atoms with Crippen molar-refractivity contribution in [3.8, 4) is 0 Å². The maximum Gasteiger partial charge on any atom is 0.344 e. The smallest absolute Gasteiger partial charge is 0.344 e. The van der Waals surface area contributed by atoms with Crippen LogP contribution in [0.1, 0.15) is 0 Å². The molecule has 0 unspecified atom stereocenters. The van der Waals surface area contributed by atoms with Gasteiger partial charge in [0.1, 0.15) is 12.8 Å². The molecule has 14 heavy (non-hydrogen) atoms. The van der Waals surface area contributed by atoms with E-state index >= 15 is 0 Å². The van der Waals surface area contributed by atoms with Gasteiger partial charge in [-0.3, -0.25) is 14.2 Å². The number of carbonyl (C=O) groups excluding carboxylic acids is 1. The Hall–Kier alpha value is -1.17. The Morgan fingerprint density at radius 3 is 2.21 bits per heavy atom. The largest absolute Gasteiger partial charge is 0.480 e. The van der Waals surface area contributed by atoms with E-state index in [2.05, 4.69) is 6.58 Å². The second kappa shape index (κ2) is 4.90. The van der Waals surface area contributed by atoms with Crippen LogP contribution >= 0.6 is 7.60 Å². The number of nitrogens with zero attached hydrogens (tertiary/aromatic N) is 1. The minimum Gasteiger partial charge on any atom is -0.480 e. The third kappa shape index (κ3) is 5.47. The summed E-state index contributed by atoms with van der Waals surface area (Å²) in [5.74, 6) is -2.19. The van der Waals surface area contributed by atoms with Gasteiger partial charge in [0.25, 0.3) is 0 Å². The Kier molecular flexibility index (Phi) is 4.49. The number of carbonyl (C=O) groups is 2. The van der Waals surface area contributed by atoms with Gasteiger partial charge in [0.15, 0.2) is 0 Å². The first kappa shape index (κ1) is 12.8. The van der Waals surface area contributed by atoms with E-state index in [1.807, 2.05) is 0 Å². The van der Waals surface area contributed by atoms with Gasteiger partial charge in [-0.25, -0.2) is 0 Å². The summed E-state index contributed by atoms with van der Waals surface area (Å²) in [6.07, 6.45) is -0.136. The first-order valence-electron chi connectivity index (χ1n) is 3.44. The monoisotopic (exact) mass is 223 g/mol. The van der Waals surface area contributed by atoms with Crippen LogP contribution in [0.5, 0.6) is 0 Å². The first-order valence-corrected chi connectivity index (χ1v) is 5.23. The van der Waals surface area contributed by atoms with Gasteiger partial charge >= 0.3 is 13.6 Å². The molecule has 0 bridgehead atoms. The highest BCUT2D eigenvalue weighted by Gasteiger charge is 2.23. The van der Waals surface area contributed by atoms with Crippen molar-refractivity contribution in [1.82, 2.24) is 4.90 Å². The number of carboxylic acids is 1. The number of aliphatic carboxylic acids is 1. The van der Waals surface area contributed by atoms with Crippen molar-refractivity contribution in [2.75, 3.05) is 12.8 Å². The van der Waals surface area contributed by atoms with E-state index in [1.54, 1.807) is 0 Å². The zero-order valence-corrected chi connectivity index (χ0v) is 8.05. The minimum absolute atomic E-state index is 0.510. The molecule has 0 aliphatic carbocycles. The van der Waals surface area contributed by atoms with Crippen LogP contribution in [-0.4, -0.2) is 44.5 Å². The molecular formula is C6H10NO6P. The lowest BCUT2D eigenvalue weighted by Gasteiger charge is -2.18. The summed E-state index contributed by atoms with van der Waals surface area (Å²) in [6, 6.07) is 0. The van der Waals surface area contributed by atoms with Gasteiger partial charge in [-0.05, 0) is 6.08 Å². The minimum atomic E-state index is -4.45. The van der Waals surface area contributed by atoms with Crippen LogP contribution < -0.4 is 0 Å². The lowest BCUT2D eigenvalue weighted by Crippen LogP contribution is -2.35. The molecule has 0 spiro atoms. The summed E-state index contributed by atoms with van der Waals surface area (Å²) in [7, 11) is -4.45. The normalized spacial score (nSPS) is 10.7. The van der Waals surface area contributed by atoms with E-state index in [1.165, 1.54) is 0 Å². The molecule has 8 heteroatoms. The number of rotatable bonds is 5. The summed E-state index contributed by atoms with van der Waals surface area (Å²) in [5.41, 5.74) is 0. The number of amides is 1. The zero-order valence-electron chi connectivity index (χ0n) is 7.16. The molecule has 0 rings (SSSR count). The highest BCUT2D eigenvalue weighted by Crippen LogP contribution is 2.34. The molecule has 0 radical (unpaired) electrons. The van der Waals surface area contributed by atoms with Crippen molar-refractivity contribution in [1.29, 1.82) is 0 Å². The number of carboxylic acid groups (broad SMARTS) is 1. The van der Waals surface area contributed by atoms with Crippen LogP contribution in [0.3, 0.4) is 0 Å². The Labute approximate surface area is 79.8 Å². The molecular weight excluding hydrogens is 213 g/mol. The summed E-state index contributed by atoms with van der Waals surface area (Å²) in [5, 5.41) is 8.34. The molecule has 0 saturated heterocycles. The highest BCUT2D eigenvalue weighted by molar-refractivity contribution is 7.51. The van der Waals surface area contributed by atoms with Crippen LogP contribution in [0, 0.1) is 0 Å². The van der Waals surface area contributed by atoms with Crippen molar-refractivity contribution in [2.45, 2.75) is 0 Å². The summed E-state index contributed by atoms with van der Waals surface area (Å²) >= 11 is 0. The third-order valence-electron chi connectivity index (χ3n) is 1.17. The Morgan fingerprint density at radius 1 is 1.43 bits per heavy atom. The Bertz CT molecular complexity index is 295. The molecule has 0 aromatic carbocycles. The predicted molar refractivity (Wildman–Crippen MR) is 46.5 cm³/mol. The second-order valence-electron chi connectivity index (χ2n) is 2.44. The fourth-order valence-electron chi connectivity index (χ4n) is 0.712. The van der Waals surface area contributed by atoms with E-state index in [9.17, 15) is 14.2 Å². The third-order valence-corrected chi connectivity index (χ3v) is 1.88. The number of hydrogen-bond donors (Lipinski definition) is 3. The van der Waals surface area contributed by atoms with E-state index in [0.717, 1.165) is 6.08 Å². The summed E-state index contributed by atoms with van der Waals surface area (Å²) < 4.78 is 10.5. The van der Waals surface area contributed by atoms with Gasteiger partial charge in [0, 0.05) is 0 Å². The molecule has 0 aliphatic rings. The lowest BCUT2D eigenvalue weighted by molar-refractivity contribution is -0.142. The second-order valence-corrected chi connectivity index (χ2v) is 4.05. The van der Waals surface area contributed by atoms with Crippen molar-refractivity contribution in [2.24, 2.45) is 0 Å². The lowest BCUT2D eigenvalue weighted by atomic mass is 10.5. The van der Waals surface area contributed by atoms with Crippen molar-refractivity contribution >= 4 is 19.5 Å². The SMILES string of the molecule is C=CC(=O)N(CC(=O)O)CP(=O)(O)O. The number of hydrogen-bond acceptors (Lipinski definition) is 3. The average molecular weight is 223 g/mol. The average Bonchev–Trinajstić information content (AvgIpc) is 1.98. The van der Waals surface area contributed by atoms with Crippen LogP contribution in [0.2, 0.25) is 0 Å². The predicted octanol–water partition coefficient (Wildman–Crippen LogP) is -0.779. The van der Waals surface area contributed by atoms with Crippen molar-refractivity contribution in [3.63, 3.8) is 0 Å².